The van der Waals surface area contributed by atoms with E-state index in [4.69, 9.17) is 0 Å². The summed E-state index contributed by atoms with van der Waals surface area (Å²) in [6.45, 7) is 3.03. The average Bonchev–Trinajstić information content (AvgIpc) is 3.04. The van der Waals surface area contributed by atoms with Crippen molar-refractivity contribution < 1.29 is 0 Å². The second-order valence-electron chi connectivity index (χ2n) is 5.16. The highest BCUT2D eigenvalue weighted by Gasteiger charge is 2.13. The van der Waals surface area contributed by atoms with Gasteiger partial charge in [0.1, 0.15) is 5.52 Å². The Hall–Kier alpha value is -1.42. The summed E-state index contributed by atoms with van der Waals surface area (Å²) in [5.74, 6) is 0.900. The maximum atomic E-state index is 4.19. The largest absolute Gasteiger partial charge is 0.315 e. The van der Waals surface area contributed by atoms with Crippen molar-refractivity contribution in [3.05, 3.63) is 24.3 Å². The van der Waals surface area contributed by atoms with Crippen LogP contribution in [0, 0.1) is 5.92 Å². The van der Waals surface area contributed by atoms with E-state index >= 15 is 0 Å². The molecule has 96 valence electrons. The highest BCUT2D eigenvalue weighted by Crippen LogP contribution is 2.23. The fourth-order valence-electron chi connectivity index (χ4n) is 2.79. The minimum atomic E-state index is 0.896. The molecule has 0 aliphatic heterocycles. The number of hydrogen-bond donors (Lipinski definition) is 1. The number of hydrogen-bond acceptors (Lipinski definition) is 3. The quantitative estimate of drug-likeness (QED) is 0.820. The predicted molar refractivity (Wildman–Crippen MR) is 72.4 cm³/mol. The molecule has 1 saturated carbocycles. The predicted octanol–water partition coefficient (Wildman–Crippen LogP) is 2.21. The van der Waals surface area contributed by atoms with Crippen LogP contribution in [0.25, 0.3) is 11.0 Å². The summed E-state index contributed by atoms with van der Waals surface area (Å²) in [6.07, 6.45) is 5.64. The van der Waals surface area contributed by atoms with E-state index in [1.54, 1.807) is 0 Å². The van der Waals surface area contributed by atoms with Crippen molar-refractivity contribution in [1.29, 1.82) is 0 Å². The summed E-state index contributed by atoms with van der Waals surface area (Å²) in [7, 11) is 0. The van der Waals surface area contributed by atoms with Gasteiger partial charge in [0.15, 0.2) is 0 Å². The van der Waals surface area contributed by atoms with E-state index < -0.39 is 0 Å². The minimum Gasteiger partial charge on any atom is -0.315 e. The molecule has 0 atom stereocenters. The van der Waals surface area contributed by atoms with Crippen LogP contribution in [0.5, 0.6) is 0 Å². The summed E-state index contributed by atoms with van der Waals surface area (Å²) < 4.78 is 1.98. The molecule has 4 nitrogen and oxygen atoms in total. The summed E-state index contributed by atoms with van der Waals surface area (Å²) >= 11 is 0. The van der Waals surface area contributed by atoms with Crippen LogP contribution in [0.4, 0.5) is 0 Å². The lowest BCUT2D eigenvalue weighted by atomic mass is 10.1. The van der Waals surface area contributed by atoms with Gasteiger partial charge >= 0.3 is 0 Å². The first-order valence-corrected chi connectivity index (χ1v) is 6.92. The summed E-state index contributed by atoms with van der Waals surface area (Å²) in [5.41, 5.74) is 2.11. The monoisotopic (exact) mass is 244 g/mol. The van der Waals surface area contributed by atoms with E-state index in [2.05, 4.69) is 21.7 Å². The molecule has 18 heavy (non-hydrogen) atoms. The van der Waals surface area contributed by atoms with Gasteiger partial charge in [0, 0.05) is 6.54 Å². The number of fused-ring (bicyclic) bond motifs is 1. The van der Waals surface area contributed by atoms with Gasteiger partial charge in [-0.05, 0) is 37.4 Å². The van der Waals surface area contributed by atoms with Crippen molar-refractivity contribution in [1.82, 2.24) is 20.3 Å². The van der Waals surface area contributed by atoms with Gasteiger partial charge in [0.25, 0.3) is 0 Å². The highest BCUT2D eigenvalue weighted by atomic mass is 15.4. The van der Waals surface area contributed by atoms with Crippen molar-refractivity contribution in [2.75, 3.05) is 13.1 Å². The third-order valence-corrected chi connectivity index (χ3v) is 3.83. The van der Waals surface area contributed by atoms with E-state index in [1.807, 2.05) is 22.9 Å². The Morgan fingerprint density at radius 1 is 1.22 bits per heavy atom. The molecule has 1 aromatic heterocycles. The van der Waals surface area contributed by atoms with Crippen LogP contribution in [-0.4, -0.2) is 28.1 Å². The summed E-state index contributed by atoms with van der Waals surface area (Å²) in [4.78, 5) is 0. The van der Waals surface area contributed by atoms with E-state index in [9.17, 15) is 0 Å². The number of nitrogens with one attached hydrogen (secondary N) is 1. The lowest BCUT2D eigenvalue weighted by Gasteiger charge is -2.10. The average molecular weight is 244 g/mol. The molecule has 4 heteroatoms. The van der Waals surface area contributed by atoms with Crippen LogP contribution >= 0.6 is 0 Å². The Morgan fingerprint density at radius 3 is 2.94 bits per heavy atom. The molecule has 1 aliphatic rings. The molecular weight excluding hydrogens is 224 g/mol. The zero-order chi connectivity index (χ0) is 12.2. The number of nitrogens with zero attached hydrogens (tertiary/aromatic N) is 3. The lowest BCUT2D eigenvalue weighted by molar-refractivity contribution is 0.467. The first-order valence-electron chi connectivity index (χ1n) is 6.92. The lowest BCUT2D eigenvalue weighted by Crippen LogP contribution is -2.25. The zero-order valence-electron chi connectivity index (χ0n) is 10.7. The Balaban J connectivity index is 1.50. The topological polar surface area (TPSA) is 42.7 Å². The SMILES string of the molecule is c1ccc2c(c1)nnn2CCNCC1CCCC1. The van der Waals surface area contributed by atoms with Crippen LogP contribution in [0.15, 0.2) is 24.3 Å². The van der Waals surface area contributed by atoms with Gasteiger partial charge in [-0.15, -0.1) is 5.10 Å². The van der Waals surface area contributed by atoms with E-state index in [1.165, 1.54) is 25.7 Å². The Labute approximate surface area is 107 Å². The second-order valence-corrected chi connectivity index (χ2v) is 5.16. The standard InChI is InChI=1S/C14H20N4/c1-2-6-12(5-1)11-15-9-10-18-14-8-4-3-7-13(14)16-17-18/h3-4,7-8,12,15H,1-2,5-6,9-11H2. The molecule has 0 unspecified atom stereocenters. The van der Waals surface area contributed by atoms with E-state index in [-0.39, 0.29) is 0 Å². The number of aromatic nitrogens is 3. The second kappa shape index (κ2) is 5.48. The highest BCUT2D eigenvalue weighted by molar-refractivity contribution is 5.73. The maximum absolute atomic E-state index is 4.19. The van der Waals surface area contributed by atoms with Crippen LogP contribution in [0.3, 0.4) is 0 Å². The minimum absolute atomic E-state index is 0.896. The van der Waals surface area contributed by atoms with Crippen LogP contribution < -0.4 is 5.32 Å². The van der Waals surface area contributed by atoms with Gasteiger partial charge in [0.2, 0.25) is 0 Å². The van der Waals surface area contributed by atoms with Crippen LogP contribution in [-0.2, 0) is 6.54 Å². The molecule has 1 aromatic carbocycles. The van der Waals surface area contributed by atoms with Gasteiger partial charge in [0.05, 0.1) is 12.1 Å². The van der Waals surface area contributed by atoms with Gasteiger partial charge in [-0.25, -0.2) is 4.68 Å². The molecule has 2 aromatic rings. The van der Waals surface area contributed by atoms with Gasteiger partial charge in [-0.1, -0.05) is 30.2 Å². The molecule has 0 amide bonds. The van der Waals surface area contributed by atoms with Crippen LogP contribution in [0.1, 0.15) is 25.7 Å². The normalized spacial score (nSPS) is 16.7. The molecule has 1 N–H and O–H groups in total. The molecule has 0 radical (unpaired) electrons. The van der Waals surface area contributed by atoms with Gasteiger partial charge < -0.3 is 5.32 Å². The number of benzene rings is 1. The van der Waals surface area contributed by atoms with Crippen molar-refractivity contribution >= 4 is 11.0 Å². The third-order valence-electron chi connectivity index (χ3n) is 3.83. The molecule has 1 heterocycles. The first-order chi connectivity index (χ1) is 8.93. The van der Waals surface area contributed by atoms with Crippen molar-refractivity contribution in [3.8, 4) is 0 Å². The zero-order valence-corrected chi connectivity index (χ0v) is 10.7. The maximum Gasteiger partial charge on any atom is 0.113 e. The van der Waals surface area contributed by atoms with Crippen LogP contribution in [0.2, 0.25) is 0 Å². The molecule has 3 rings (SSSR count). The molecule has 0 saturated heterocycles. The van der Waals surface area contributed by atoms with Crippen molar-refractivity contribution in [3.63, 3.8) is 0 Å². The number of para-hydroxylation sites is 1. The van der Waals surface area contributed by atoms with Gasteiger partial charge in [-0.3, -0.25) is 0 Å². The molecule has 1 fully saturated rings. The van der Waals surface area contributed by atoms with Gasteiger partial charge in [-0.2, -0.15) is 0 Å². The summed E-state index contributed by atoms with van der Waals surface area (Å²) in [5, 5.41) is 11.9. The van der Waals surface area contributed by atoms with E-state index in [0.29, 0.717) is 0 Å². The van der Waals surface area contributed by atoms with Crippen molar-refractivity contribution in [2.45, 2.75) is 32.2 Å². The third kappa shape index (κ3) is 2.53. The Morgan fingerprint density at radius 2 is 2.06 bits per heavy atom. The number of rotatable bonds is 5. The molecule has 0 bridgehead atoms. The first kappa shape index (κ1) is 11.7. The Kier molecular flexibility index (Phi) is 3.55. The molecular formula is C14H20N4. The fourth-order valence-corrected chi connectivity index (χ4v) is 2.79. The Bertz CT molecular complexity index is 499. The molecule has 1 aliphatic carbocycles. The fraction of sp³-hybridized carbons (Fsp3) is 0.571. The van der Waals surface area contributed by atoms with Crippen molar-refractivity contribution in [2.24, 2.45) is 5.92 Å². The summed E-state index contributed by atoms with van der Waals surface area (Å²) in [6, 6.07) is 8.12. The molecule has 0 spiro atoms. The smallest absolute Gasteiger partial charge is 0.113 e. The van der Waals surface area contributed by atoms with E-state index in [0.717, 1.165) is 36.6 Å².